The van der Waals surface area contributed by atoms with Crippen molar-refractivity contribution in [1.29, 1.82) is 0 Å². The number of benzene rings is 10. The van der Waals surface area contributed by atoms with Crippen LogP contribution in [0.15, 0.2) is 229 Å². The van der Waals surface area contributed by atoms with Gasteiger partial charge >= 0.3 is 0 Å². The summed E-state index contributed by atoms with van der Waals surface area (Å²) in [6, 6.07) is 80.4. The maximum absolute atomic E-state index is 6.59. The fourth-order valence-corrected chi connectivity index (χ4v) is 10.9. The summed E-state index contributed by atoms with van der Waals surface area (Å²) >= 11 is 1.84. The van der Waals surface area contributed by atoms with Gasteiger partial charge in [-0.25, -0.2) is 4.98 Å². The summed E-state index contributed by atoms with van der Waals surface area (Å²) in [4.78, 5) is 7.60. The Bertz CT molecular complexity index is 3900. The first-order chi connectivity index (χ1) is 31.7. The third-order valence-corrected chi connectivity index (χ3v) is 13.7. The second-order valence-corrected chi connectivity index (χ2v) is 17.4. The van der Waals surface area contributed by atoms with Gasteiger partial charge in [-0.05, 0) is 94.4 Å². The molecule has 300 valence electrons. The number of aromatic nitrogens is 2. The van der Waals surface area contributed by atoms with E-state index >= 15 is 0 Å². The zero-order valence-electron chi connectivity index (χ0n) is 34.5. The zero-order chi connectivity index (χ0) is 42.1. The van der Waals surface area contributed by atoms with E-state index in [-0.39, 0.29) is 0 Å². The molecule has 13 rings (SSSR count). The van der Waals surface area contributed by atoms with Crippen LogP contribution >= 0.6 is 11.3 Å². The maximum Gasteiger partial charge on any atom is 0.227 e. The van der Waals surface area contributed by atoms with Crippen molar-refractivity contribution >= 4 is 92.2 Å². The number of hydrogen-bond acceptors (Lipinski definition) is 4. The second kappa shape index (κ2) is 14.7. The van der Waals surface area contributed by atoms with Crippen LogP contribution < -0.4 is 4.90 Å². The molecule has 0 unspecified atom stereocenters. The van der Waals surface area contributed by atoms with E-state index in [0.29, 0.717) is 5.89 Å². The summed E-state index contributed by atoms with van der Waals surface area (Å²) in [6.45, 7) is 0. The fraction of sp³-hybridized carbons (Fsp3) is 0. The molecule has 0 saturated carbocycles. The number of hydrogen-bond donors (Lipinski definition) is 0. The Kier molecular flexibility index (Phi) is 8.36. The van der Waals surface area contributed by atoms with Crippen LogP contribution in [0.5, 0.6) is 0 Å². The molecule has 0 amide bonds. The van der Waals surface area contributed by atoms with Gasteiger partial charge in [-0.2, -0.15) is 0 Å². The predicted molar refractivity (Wildman–Crippen MR) is 270 cm³/mol. The van der Waals surface area contributed by atoms with Gasteiger partial charge in [0.05, 0.1) is 11.0 Å². The van der Waals surface area contributed by atoms with E-state index in [0.717, 1.165) is 56.1 Å². The molecular formula is C59H37N3OS. The van der Waals surface area contributed by atoms with Gasteiger partial charge in [0, 0.05) is 64.6 Å². The zero-order valence-corrected chi connectivity index (χ0v) is 35.3. The number of fused-ring (bicyclic) bond motifs is 9. The minimum absolute atomic E-state index is 0.595. The average molecular weight is 836 g/mol. The first-order valence-corrected chi connectivity index (χ1v) is 22.4. The molecule has 0 atom stereocenters. The molecule has 3 aromatic heterocycles. The normalized spacial score (nSPS) is 11.8. The van der Waals surface area contributed by atoms with Crippen LogP contribution in [0, 0.1) is 0 Å². The van der Waals surface area contributed by atoms with Gasteiger partial charge in [-0.1, -0.05) is 158 Å². The first kappa shape index (κ1) is 36.4. The highest BCUT2D eigenvalue weighted by Crippen LogP contribution is 2.47. The molecular weight excluding hydrogens is 799 g/mol. The molecule has 13 aromatic rings. The lowest BCUT2D eigenvalue weighted by atomic mass is 9.98. The molecule has 0 fully saturated rings. The average Bonchev–Trinajstić information content (AvgIpc) is 4.06. The SMILES string of the molecule is c1ccc(-c2ccccc2-c2nc3cc(N(c4cc(-c5ccccc5)c5c(c4)sc4ccccc45)c4ccc5c6ccc7ccccc7c6n(-c6ccccc6)c5c4)ccc3o2)cc1. The van der Waals surface area contributed by atoms with Crippen LogP contribution in [0.25, 0.3) is 103 Å². The van der Waals surface area contributed by atoms with Crippen LogP contribution in [0.3, 0.4) is 0 Å². The monoisotopic (exact) mass is 835 g/mol. The number of nitrogens with zero attached hydrogens (tertiary/aromatic N) is 3. The number of para-hydroxylation sites is 1. The molecule has 3 heterocycles. The smallest absolute Gasteiger partial charge is 0.227 e. The van der Waals surface area contributed by atoms with E-state index in [1.807, 2.05) is 23.5 Å². The third-order valence-electron chi connectivity index (χ3n) is 12.6. The van der Waals surface area contributed by atoms with E-state index in [1.54, 1.807) is 0 Å². The van der Waals surface area contributed by atoms with Crippen molar-refractivity contribution in [2.24, 2.45) is 0 Å². The predicted octanol–water partition coefficient (Wildman–Crippen LogP) is 16.9. The van der Waals surface area contributed by atoms with Crippen molar-refractivity contribution in [1.82, 2.24) is 9.55 Å². The minimum atomic E-state index is 0.595. The van der Waals surface area contributed by atoms with Gasteiger partial charge in [0.2, 0.25) is 5.89 Å². The highest BCUT2D eigenvalue weighted by Gasteiger charge is 2.23. The van der Waals surface area contributed by atoms with Gasteiger partial charge in [0.25, 0.3) is 0 Å². The van der Waals surface area contributed by atoms with Crippen molar-refractivity contribution in [2.75, 3.05) is 4.90 Å². The van der Waals surface area contributed by atoms with Crippen molar-refractivity contribution in [3.63, 3.8) is 0 Å². The molecule has 4 nitrogen and oxygen atoms in total. The summed E-state index contributed by atoms with van der Waals surface area (Å²) in [5.74, 6) is 0.595. The van der Waals surface area contributed by atoms with Crippen molar-refractivity contribution in [3.8, 4) is 39.4 Å². The van der Waals surface area contributed by atoms with Gasteiger partial charge in [0.1, 0.15) is 5.52 Å². The molecule has 0 aliphatic heterocycles. The van der Waals surface area contributed by atoms with Gasteiger partial charge in [-0.15, -0.1) is 11.3 Å². The van der Waals surface area contributed by atoms with E-state index in [4.69, 9.17) is 9.40 Å². The van der Waals surface area contributed by atoms with Crippen molar-refractivity contribution in [2.45, 2.75) is 0 Å². The Labute approximate surface area is 373 Å². The summed E-state index contributed by atoms with van der Waals surface area (Å²) in [6.07, 6.45) is 0. The Morgan fingerprint density at radius 1 is 0.438 bits per heavy atom. The quantitative estimate of drug-likeness (QED) is 0.160. The van der Waals surface area contributed by atoms with Crippen LogP contribution in [0.2, 0.25) is 0 Å². The van der Waals surface area contributed by atoms with Crippen LogP contribution in [0.4, 0.5) is 17.1 Å². The van der Waals surface area contributed by atoms with E-state index in [1.165, 1.54) is 58.4 Å². The van der Waals surface area contributed by atoms with Crippen molar-refractivity contribution < 1.29 is 4.42 Å². The summed E-state index contributed by atoms with van der Waals surface area (Å²) < 4.78 is 11.5. The molecule has 0 radical (unpaired) electrons. The molecule has 5 heteroatoms. The largest absolute Gasteiger partial charge is 0.436 e. The number of anilines is 3. The molecule has 0 bridgehead atoms. The lowest BCUT2D eigenvalue weighted by Gasteiger charge is -2.26. The summed E-state index contributed by atoms with van der Waals surface area (Å²) in [5, 5.41) is 7.41. The molecule has 0 saturated heterocycles. The van der Waals surface area contributed by atoms with Gasteiger partial charge in [-0.3, -0.25) is 0 Å². The minimum Gasteiger partial charge on any atom is -0.436 e. The lowest BCUT2D eigenvalue weighted by Crippen LogP contribution is -2.10. The highest BCUT2D eigenvalue weighted by molar-refractivity contribution is 7.26. The Hall–Kier alpha value is -8.25. The Morgan fingerprint density at radius 2 is 1.08 bits per heavy atom. The fourth-order valence-electron chi connectivity index (χ4n) is 9.72. The third kappa shape index (κ3) is 5.86. The maximum atomic E-state index is 6.59. The van der Waals surface area contributed by atoms with Crippen molar-refractivity contribution in [3.05, 3.63) is 224 Å². The van der Waals surface area contributed by atoms with Gasteiger partial charge < -0.3 is 13.9 Å². The molecule has 10 aromatic carbocycles. The Balaban J connectivity index is 1.07. The van der Waals surface area contributed by atoms with E-state index < -0.39 is 0 Å². The molecule has 0 aliphatic carbocycles. The second-order valence-electron chi connectivity index (χ2n) is 16.3. The number of thiophene rings is 1. The van der Waals surface area contributed by atoms with Crippen LogP contribution in [-0.2, 0) is 0 Å². The van der Waals surface area contributed by atoms with Crippen LogP contribution in [-0.4, -0.2) is 9.55 Å². The summed E-state index contributed by atoms with van der Waals surface area (Å²) in [5.41, 5.74) is 13.6. The standard InChI is InChI=1S/C59H37N3OS/c1-4-16-38(17-5-1)45-23-12-13-25-49(45)59-60-52-35-42(30-33-54(52)63-59)61(44-34-51(39-18-6-2-7-19-39)57-50-26-14-15-27-55(50)64-56(57)37-44)43-29-32-47-48-31-28-40-20-10-11-24-46(40)58(48)62(53(47)36-43)41-21-8-3-9-22-41/h1-37H. The van der Waals surface area contributed by atoms with E-state index in [9.17, 15) is 0 Å². The van der Waals surface area contributed by atoms with Gasteiger partial charge in [0.15, 0.2) is 5.58 Å². The number of oxazole rings is 1. The number of rotatable bonds is 7. The highest BCUT2D eigenvalue weighted by atomic mass is 32.1. The Morgan fingerprint density at radius 3 is 1.89 bits per heavy atom. The van der Waals surface area contributed by atoms with E-state index in [2.05, 4.69) is 222 Å². The molecule has 0 N–H and O–H groups in total. The molecule has 0 spiro atoms. The molecule has 0 aliphatic rings. The van der Waals surface area contributed by atoms with Crippen LogP contribution in [0.1, 0.15) is 0 Å². The topological polar surface area (TPSA) is 34.2 Å². The lowest BCUT2D eigenvalue weighted by molar-refractivity contribution is 0.620. The summed E-state index contributed by atoms with van der Waals surface area (Å²) in [7, 11) is 0. The first-order valence-electron chi connectivity index (χ1n) is 21.6. The molecule has 64 heavy (non-hydrogen) atoms.